The SMILES string of the molecule is COc1ccccc1CSCc1nc2sc3c(c2c(=O)[nH]1)CCCC3. The van der Waals surface area contributed by atoms with E-state index in [0.717, 1.165) is 45.9 Å². The highest BCUT2D eigenvalue weighted by molar-refractivity contribution is 7.97. The largest absolute Gasteiger partial charge is 0.496 e. The number of benzene rings is 1. The van der Waals surface area contributed by atoms with Gasteiger partial charge >= 0.3 is 0 Å². The molecule has 1 aromatic carbocycles. The molecule has 0 bridgehead atoms. The van der Waals surface area contributed by atoms with E-state index in [4.69, 9.17) is 9.72 Å². The number of fused-ring (bicyclic) bond motifs is 3. The van der Waals surface area contributed by atoms with Crippen molar-refractivity contribution in [3.8, 4) is 5.75 Å². The van der Waals surface area contributed by atoms with Gasteiger partial charge in [0.1, 0.15) is 16.4 Å². The third-order valence-corrected chi connectivity index (χ3v) is 6.74. The minimum Gasteiger partial charge on any atom is -0.496 e. The lowest BCUT2D eigenvalue weighted by atomic mass is 9.97. The summed E-state index contributed by atoms with van der Waals surface area (Å²) in [6, 6.07) is 8.02. The zero-order valence-corrected chi connectivity index (χ0v) is 15.8. The van der Waals surface area contributed by atoms with Gasteiger partial charge in [0.2, 0.25) is 0 Å². The molecule has 2 heterocycles. The van der Waals surface area contributed by atoms with Crippen LogP contribution in [0.15, 0.2) is 29.1 Å². The number of aryl methyl sites for hydroxylation is 2. The average molecular weight is 373 g/mol. The molecule has 4 rings (SSSR count). The van der Waals surface area contributed by atoms with Crippen LogP contribution in [0, 0.1) is 0 Å². The number of thioether (sulfide) groups is 1. The molecule has 130 valence electrons. The average Bonchev–Trinajstić information content (AvgIpc) is 3.01. The predicted octanol–water partition coefficient (Wildman–Crippen LogP) is 4.31. The summed E-state index contributed by atoms with van der Waals surface area (Å²) in [6.07, 6.45) is 4.50. The van der Waals surface area contributed by atoms with Gasteiger partial charge < -0.3 is 9.72 Å². The van der Waals surface area contributed by atoms with E-state index in [9.17, 15) is 4.79 Å². The molecule has 4 nitrogen and oxygen atoms in total. The Kier molecular flexibility index (Phi) is 4.81. The van der Waals surface area contributed by atoms with Crippen LogP contribution in [0.4, 0.5) is 0 Å². The summed E-state index contributed by atoms with van der Waals surface area (Å²) in [4.78, 5) is 22.5. The molecule has 3 aromatic rings. The van der Waals surface area contributed by atoms with Crippen molar-refractivity contribution in [2.75, 3.05) is 7.11 Å². The number of hydrogen-bond acceptors (Lipinski definition) is 5. The molecule has 1 N–H and O–H groups in total. The third-order valence-electron chi connectivity index (χ3n) is 4.56. The summed E-state index contributed by atoms with van der Waals surface area (Å²) in [5, 5.41) is 0.832. The summed E-state index contributed by atoms with van der Waals surface area (Å²) in [7, 11) is 1.69. The van der Waals surface area contributed by atoms with Crippen LogP contribution in [0.2, 0.25) is 0 Å². The second-order valence-corrected chi connectivity index (χ2v) is 8.28. The number of methoxy groups -OCH3 is 1. The molecule has 0 amide bonds. The van der Waals surface area contributed by atoms with Crippen molar-refractivity contribution in [1.82, 2.24) is 9.97 Å². The van der Waals surface area contributed by atoms with Crippen LogP contribution in [0.5, 0.6) is 5.75 Å². The van der Waals surface area contributed by atoms with Crippen molar-refractivity contribution in [3.63, 3.8) is 0 Å². The third kappa shape index (κ3) is 3.33. The predicted molar refractivity (Wildman–Crippen MR) is 105 cm³/mol. The molecule has 0 aliphatic heterocycles. The number of hydrogen-bond donors (Lipinski definition) is 1. The van der Waals surface area contributed by atoms with Crippen LogP contribution in [-0.4, -0.2) is 17.1 Å². The number of para-hydroxylation sites is 1. The highest BCUT2D eigenvalue weighted by Crippen LogP contribution is 2.33. The Hall–Kier alpha value is -1.79. The van der Waals surface area contributed by atoms with E-state index >= 15 is 0 Å². The Labute approximate surface area is 154 Å². The number of H-pyrrole nitrogens is 1. The quantitative estimate of drug-likeness (QED) is 0.725. The number of ether oxygens (including phenoxy) is 1. The van der Waals surface area contributed by atoms with E-state index in [-0.39, 0.29) is 5.56 Å². The number of nitrogens with one attached hydrogen (secondary N) is 1. The topological polar surface area (TPSA) is 55.0 Å². The Bertz CT molecular complexity index is 962. The zero-order chi connectivity index (χ0) is 17.2. The smallest absolute Gasteiger partial charge is 0.259 e. The van der Waals surface area contributed by atoms with Gasteiger partial charge in [0, 0.05) is 16.2 Å². The van der Waals surface area contributed by atoms with Gasteiger partial charge in [-0.3, -0.25) is 4.79 Å². The first-order chi connectivity index (χ1) is 12.3. The minimum absolute atomic E-state index is 0.0253. The van der Waals surface area contributed by atoms with Crippen molar-refractivity contribution in [2.24, 2.45) is 0 Å². The number of thiophene rings is 1. The molecule has 0 spiro atoms. The van der Waals surface area contributed by atoms with Gasteiger partial charge in [-0.25, -0.2) is 4.98 Å². The Morgan fingerprint density at radius 2 is 2.08 bits per heavy atom. The fraction of sp³-hybridized carbons (Fsp3) is 0.368. The molecule has 25 heavy (non-hydrogen) atoms. The lowest BCUT2D eigenvalue weighted by Gasteiger charge is -2.09. The number of nitrogens with zero attached hydrogens (tertiary/aromatic N) is 1. The lowest BCUT2D eigenvalue weighted by molar-refractivity contribution is 0.411. The van der Waals surface area contributed by atoms with Gasteiger partial charge in [-0.15, -0.1) is 23.1 Å². The summed E-state index contributed by atoms with van der Waals surface area (Å²) >= 11 is 3.44. The fourth-order valence-electron chi connectivity index (χ4n) is 3.36. The van der Waals surface area contributed by atoms with Crippen molar-refractivity contribution in [1.29, 1.82) is 0 Å². The van der Waals surface area contributed by atoms with E-state index in [2.05, 4.69) is 11.1 Å². The first-order valence-electron chi connectivity index (χ1n) is 8.49. The van der Waals surface area contributed by atoms with E-state index in [1.807, 2.05) is 18.2 Å². The van der Waals surface area contributed by atoms with E-state index in [1.165, 1.54) is 23.3 Å². The summed E-state index contributed by atoms with van der Waals surface area (Å²) in [6.45, 7) is 0. The standard InChI is InChI=1S/C19H20N2O2S2/c1-23-14-8-4-2-6-12(14)10-24-11-16-20-18(22)17-13-7-3-5-9-15(13)25-19(17)21-16/h2,4,6,8H,3,5,7,9-11H2,1H3,(H,20,21,22). The highest BCUT2D eigenvalue weighted by atomic mass is 32.2. The molecular weight excluding hydrogens is 352 g/mol. The monoisotopic (exact) mass is 372 g/mol. The number of aromatic nitrogens is 2. The maximum Gasteiger partial charge on any atom is 0.259 e. The Morgan fingerprint density at radius 3 is 2.96 bits per heavy atom. The molecular formula is C19H20N2O2S2. The summed E-state index contributed by atoms with van der Waals surface area (Å²) in [5.74, 6) is 3.17. The van der Waals surface area contributed by atoms with Crippen molar-refractivity contribution in [3.05, 3.63) is 56.4 Å². The van der Waals surface area contributed by atoms with E-state index in [1.54, 1.807) is 30.2 Å². The summed E-state index contributed by atoms with van der Waals surface area (Å²) < 4.78 is 5.39. The maximum absolute atomic E-state index is 12.5. The van der Waals surface area contributed by atoms with Gasteiger partial charge in [0.15, 0.2) is 0 Å². The normalized spacial score (nSPS) is 13.8. The van der Waals surface area contributed by atoms with Crippen LogP contribution >= 0.6 is 23.1 Å². The van der Waals surface area contributed by atoms with Gasteiger partial charge in [-0.1, -0.05) is 18.2 Å². The second-order valence-electron chi connectivity index (χ2n) is 6.21. The van der Waals surface area contributed by atoms with Crippen LogP contribution in [-0.2, 0) is 24.3 Å². The van der Waals surface area contributed by atoms with Crippen LogP contribution in [0.1, 0.15) is 34.7 Å². The molecule has 2 aromatic heterocycles. The fourth-order valence-corrected chi connectivity index (χ4v) is 5.53. The molecule has 0 radical (unpaired) electrons. The Morgan fingerprint density at radius 1 is 1.24 bits per heavy atom. The molecule has 1 aliphatic rings. The molecule has 0 saturated heterocycles. The van der Waals surface area contributed by atoms with Gasteiger partial charge in [-0.05, 0) is 37.3 Å². The summed E-state index contributed by atoms with van der Waals surface area (Å²) in [5.41, 5.74) is 2.43. The van der Waals surface area contributed by atoms with Crippen molar-refractivity contribution >= 4 is 33.3 Å². The second kappa shape index (κ2) is 7.22. The van der Waals surface area contributed by atoms with Crippen molar-refractivity contribution < 1.29 is 4.74 Å². The van der Waals surface area contributed by atoms with E-state index < -0.39 is 0 Å². The molecule has 0 saturated carbocycles. The van der Waals surface area contributed by atoms with Gasteiger partial charge in [-0.2, -0.15) is 0 Å². The van der Waals surface area contributed by atoms with Gasteiger partial charge in [0.05, 0.1) is 18.2 Å². The number of rotatable bonds is 5. The lowest BCUT2D eigenvalue weighted by Crippen LogP contribution is -2.12. The van der Waals surface area contributed by atoms with E-state index in [0.29, 0.717) is 5.75 Å². The maximum atomic E-state index is 12.5. The molecule has 6 heteroatoms. The first kappa shape index (κ1) is 16.7. The van der Waals surface area contributed by atoms with Crippen LogP contribution in [0.25, 0.3) is 10.2 Å². The molecule has 0 atom stereocenters. The minimum atomic E-state index is 0.0253. The molecule has 1 aliphatic carbocycles. The number of aromatic amines is 1. The zero-order valence-electron chi connectivity index (χ0n) is 14.1. The van der Waals surface area contributed by atoms with Gasteiger partial charge in [0.25, 0.3) is 5.56 Å². The first-order valence-corrected chi connectivity index (χ1v) is 10.5. The van der Waals surface area contributed by atoms with Crippen LogP contribution in [0.3, 0.4) is 0 Å². The Balaban J connectivity index is 1.53. The van der Waals surface area contributed by atoms with Crippen LogP contribution < -0.4 is 10.3 Å². The van der Waals surface area contributed by atoms with Crippen molar-refractivity contribution in [2.45, 2.75) is 37.2 Å². The highest BCUT2D eigenvalue weighted by Gasteiger charge is 2.19. The molecule has 0 fully saturated rings. The molecule has 0 unspecified atom stereocenters.